The molecule has 0 bridgehead atoms. The topological polar surface area (TPSA) is 60.2 Å². The van der Waals surface area contributed by atoms with Crippen LogP contribution in [-0.4, -0.2) is 10.7 Å². The van der Waals surface area contributed by atoms with Crippen LogP contribution in [0.15, 0.2) is 44.8 Å². The van der Waals surface area contributed by atoms with Crippen LogP contribution in [0.3, 0.4) is 0 Å². The van der Waals surface area contributed by atoms with Crippen LogP contribution in [0, 0.1) is 10.1 Å². The van der Waals surface area contributed by atoms with Gasteiger partial charge in [0, 0.05) is 16.5 Å². The zero-order valence-electron chi connectivity index (χ0n) is 9.45. The molecule has 4 nitrogen and oxygen atoms in total. The summed E-state index contributed by atoms with van der Waals surface area (Å²) in [5.41, 5.74) is 0.765. The van der Waals surface area contributed by atoms with E-state index in [9.17, 15) is 14.9 Å². The molecule has 0 saturated heterocycles. The number of hydrogen-bond donors (Lipinski definition) is 0. The molecule has 92 valence electrons. The molecule has 1 heterocycles. The Balaban J connectivity index is 2.21. The van der Waals surface area contributed by atoms with Crippen LogP contribution >= 0.6 is 23.1 Å². The van der Waals surface area contributed by atoms with E-state index >= 15 is 0 Å². The Kier molecular flexibility index (Phi) is 3.78. The Morgan fingerprint density at radius 3 is 2.50 bits per heavy atom. The third kappa shape index (κ3) is 2.77. The van der Waals surface area contributed by atoms with E-state index in [-0.39, 0.29) is 16.4 Å². The molecular weight excluding hydrogens is 270 g/mol. The lowest BCUT2D eigenvalue weighted by Crippen LogP contribution is -1.90. The summed E-state index contributed by atoms with van der Waals surface area (Å²) >= 11 is 2.67. The minimum absolute atomic E-state index is 0.00801. The minimum Gasteiger partial charge on any atom is -0.295 e. The van der Waals surface area contributed by atoms with Crippen molar-refractivity contribution in [1.82, 2.24) is 0 Å². The number of carbonyl (C=O) groups excluding carboxylic acids is 1. The summed E-state index contributed by atoms with van der Waals surface area (Å²) in [6.45, 7) is 1.51. The zero-order chi connectivity index (χ0) is 13.1. The van der Waals surface area contributed by atoms with E-state index in [0.29, 0.717) is 9.77 Å². The molecule has 0 unspecified atom stereocenters. The van der Waals surface area contributed by atoms with Gasteiger partial charge in [-0.1, -0.05) is 23.9 Å². The van der Waals surface area contributed by atoms with Crippen molar-refractivity contribution in [2.75, 3.05) is 0 Å². The van der Waals surface area contributed by atoms with Crippen LogP contribution in [0.1, 0.15) is 17.3 Å². The summed E-state index contributed by atoms with van der Waals surface area (Å²) in [5, 5.41) is 12.5. The van der Waals surface area contributed by atoms with Crippen molar-refractivity contribution in [2.45, 2.75) is 16.0 Å². The first-order valence-electron chi connectivity index (χ1n) is 5.08. The van der Waals surface area contributed by atoms with Gasteiger partial charge < -0.3 is 0 Å². The number of nitro groups is 1. The molecule has 0 aliphatic rings. The molecule has 18 heavy (non-hydrogen) atoms. The summed E-state index contributed by atoms with van der Waals surface area (Å²) in [6.07, 6.45) is 0. The number of thiophene rings is 1. The highest BCUT2D eigenvalue weighted by atomic mass is 32.2. The van der Waals surface area contributed by atoms with Gasteiger partial charge in [0.2, 0.25) is 0 Å². The van der Waals surface area contributed by atoms with Gasteiger partial charge in [0.25, 0.3) is 5.69 Å². The molecule has 0 fully saturated rings. The molecule has 0 saturated carbocycles. The number of rotatable bonds is 4. The molecule has 6 heteroatoms. The second-order valence-electron chi connectivity index (χ2n) is 3.53. The number of benzene rings is 1. The number of nitrogens with zero attached hydrogens (tertiary/aromatic N) is 1. The first kappa shape index (κ1) is 12.8. The predicted octanol–water partition coefficient (Wildman–Crippen LogP) is 4.01. The Labute approximate surface area is 112 Å². The Hall–Kier alpha value is -1.66. The number of ketones is 1. The van der Waals surface area contributed by atoms with Crippen LogP contribution in [0.4, 0.5) is 5.69 Å². The van der Waals surface area contributed by atoms with E-state index in [2.05, 4.69) is 0 Å². The highest BCUT2D eigenvalue weighted by molar-refractivity contribution is 8.01. The first-order valence-corrected chi connectivity index (χ1v) is 6.78. The number of hydrogen-bond acceptors (Lipinski definition) is 5. The van der Waals surface area contributed by atoms with Crippen LogP contribution in [0.25, 0.3) is 0 Å². The maximum Gasteiger partial charge on any atom is 0.294 e. The highest BCUT2D eigenvalue weighted by Crippen LogP contribution is 2.38. The van der Waals surface area contributed by atoms with Crippen LogP contribution in [0.2, 0.25) is 0 Å². The van der Waals surface area contributed by atoms with E-state index in [1.165, 1.54) is 36.1 Å². The molecule has 0 spiro atoms. The molecule has 0 amide bonds. The summed E-state index contributed by atoms with van der Waals surface area (Å²) in [6, 6.07) is 8.54. The van der Waals surface area contributed by atoms with Crippen molar-refractivity contribution in [3.8, 4) is 0 Å². The molecule has 0 radical (unpaired) electrons. The molecule has 0 N–H and O–H groups in total. The lowest BCUT2D eigenvalue weighted by atomic mass is 10.2. The summed E-state index contributed by atoms with van der Waals surface area (Å²) in [4.78, 5) is 22.4. The molecule has 0 atom stereocenters. The normalized spacial score (nSPS) is 10.3. The fourth-order valence-electron chi connectivity index (χ4n) is 1.37. The highest BCUT2D eigenvalue weighted by Gasteiger charge is 2.16. The van der Waals surface area contributed by atoms with E-state index in [1.54, 1.807) is 29.6 Å². The van der Waals surface area contributed by atoms with Gasteiger partial charge in [0.05, 0.1) is 4.92 Å². The van der Waals surface area contributed by atoms with Gasteiger partial charge in [-0.05, 0) is 24.4 Å². The summed E-state index contributed by atoms with van der Waals surface area (Å²) < 4.78 is 0.649. The van der Waals surface area contributed by atoms with Gasteiger partial charge in [-0.25, -0.2) is 0 Å². The molecule has 1 aromatic heterocycles. The SMILES string of the molecule is CC(=O)c1ccc(Sc2sccc2[N+](=O)[O-])cc1. The first-order chi connectivity index (χ1) is 8.58. The predicted molar refractivity (Wildman–Crippen MR) is 71.5 cm³/mol. The molecule has 2 rings (SSSR count). The van der Waals surface area contributed by atoms with Gasteiger partial charge in [-0.2, -0.15) is 0 Å². The Morgan fingerprint density at radius 2 is 1.94 bits per heavy atom. The van der Waals surface area contributed by atoms with Crippen molar-refractivity contribution in [3.63, 3.8) is 0 Å². The van der Waals surface area contributed by atoms with Crippen molar-refractivity contribution in [3.05, 3.63) is 51.4 Å². The maximum atomic E-state index is 11.1. The maximum absolute atomic E-state index is 11.1. The second kappa shape index (κ2) is 5.32. The fourth-order valence-corrected chi connectivity index (χ4v) is 3.33. The lowest BCUT2D eigenvalue weighted by Gasteiger charge is -2.00. The van der Waals surface area contributed by atoms with Crippen LogP contribution in [0.5, 0.6) is 0 Å². The fraction of sp³-hybridized carbons (Fsp3) is 0.0833. The van der Waals surface area contributed by atoms with Gasteiger partial charge in [0.15, 0.2) is 5.78 Å². The zero-order valence-corrected chi connectivity index (χ0v) is 11.1. The molecule has 0 aliphatic carbocycles. The van der Waals surface area contributed by atoms with Crippen molar-refractivity contribution < 1.29 is 9.72 Å². The summed E-state index contributed by atoms with van der Waals surface area (Å²) in [5.74, 6) is 0.00801. The van der Waals surface area contributed by atoms with Crippen molar-refractivity contribution in [2.24, 2.45) is 0 Å². The average molecular weight is 279 g/mol. The van der Waals surface area contributed by atoms with Crippen molar-refractivity contribution >= 4 is 34.6 Å². The third-order valence-electron chi connectivity index (χ3n) is 2.28. The molecule has 0 aliphatic heterocycles. The smallest absolute Gasteiger partial charge is 0.294 e. The lowest BCUT2D eigenvalue weighted by molar-refractivity contribution is -0.387. The largest absolute Gasteiger partial charge is 0.295 e. The van der Waals surface area contributed by atoms with Gasteiger partial charge in [-0.3, -0.25) is 14.9 Å². The van der Waals surface area contributed by atoms with Gasteiger partial charge >= 0.3 is 0 Å². The van der Waals surface area contributed by atoms with E-state index in [4.69, 9.17) is 0 Å². The molecule has 2 aromatic rings. The molecular formula is C12H9NO3S2. The number of carbonyl (C=O) groups is 1. The van der Waals surface area contributed by atoms with E-state index in [1.807, 2.05) is 0 Å². The second-order valence-corrected chi connectivity index (χ2v) is 5.79. The van der Waals surface area contributed by atoms with Gasteiger partial charge in [-0.15, -0.1) is 11.3 Å². The monoisotopic (exact) mass is 279 g/mol. The quantitative estimate of drug-likeness (QED) is 0.482. The van der Waals surface area contributed by atoms with Crippen LogP contribution < -0.4 is 0 Å². The average Bonchev–Trinajstić information content (AvgIpc) is 2.78. The summed E-state index contributed by atoms with van der Waals surface area (Å²) in [7, 11) is 0. The Bertz CT molecular complexity index is 590. The van der Waals surface area contributed by atoms with Crippen molar-refractivity contribution in [1.29, 1.82) is 0 Å². The van der Waals surface area contributed by atoms with E-state index < -0.39 is 0 Å². The Morgan fingerprint density at radius 1 is 1.28 bits per heavy atom. The van der Waals surface area contributed by atoms with E-state index in [0.717, 1.165) is 4.90 Å². The van der Waals surface area contributed by atoms with Gasteiger partial charge in [0.1, 0.15) is 4.21 Å². The standard InChI is InChI=1S/C12H9NO3S2/c1-8(14)9-2-4-10(5-3-9)18-12-11(13(15)16)6-7-17-12/h2-7H,1H3. The minimum atomic E-state index is -0.386. The number of Topliss-reactive ketones (excluding diaryl/α,β-unsaturated/α-hetero) is 1. The third-order valence-corrected chi connectivity index (χ3v) is 4.41. The molecule has 1 aromatic carbocycles. The van der Waals surface area contributed by atoms with Crippen LogP contribution in [-0.2, 0) is 0 Å².